The van der Waals surface area contributed by atoms with E-state index in [4.69, 9.17) is 9.47 Å². The SMILES string of the molecule is CCOC(=O)c1cn(-c2ccc(OCc3ccccc3)cc2)c2c(C)c(-c3ccc4c(c3)CN(S(=O)(=O)c3ccc(C)cc3)C4)c(F)cc2c1=O. The second kappa shape index (κ2) is 13.6. The lowest BCUT2D eigenvalue weighted by Gasteiger charge is -2.19. The van der Waals surface area contributed by atoms with Crippen molar-refractivity contribution in [2.24, 2.45) is 0 Å². The molecule has 0 spiro atoms. The van der Waals surface area contributed by atoms with E-state index in [9.17, 15) is 18.0 Å². The minimum atomic E-state index is -3.75. The Hall–Kier alpha value is -5.58. The van der Waals surface area contributed by atoms with E-state index < -0.39 is 27.2 Å². The Labute approximate surface area is 295 Å². The molecule has 1 aliphatic heterocycles. The Morgan fingerprint density at radius 1 is 0.863 bits per heavy atom. The number of esters is 1. The monoisotopic (exact) mass is 702 g/mol. The summed E-state index contributed by atoms with van der Waals surface area (Å²) in [6.07, 6.45) is 1.44. The fourth-order valence-corrected chi connectivity index (χ4v) is 7.95. The van der Waals surface area contributed by atoms with E-state index in [-0.39, 0.29) is 41.1 Å². The van der Waals surface area contributed by atoms with E-state index in [0.29, 0.717) is 34.7 Å². The van der Waals surface area contributed by atoms with Crippen LogP contribution in [0, 0.1) is 19.7 Å². The Balaban J connectivity index is 1.29. The summed E-state index contributed by atoms with van der Waals surface area (Å²) in [5.41, 5.74) is 5.05. The number of aromatic nitrogens is 1. The summed E-state index contributed by atoms with van der Waals surface area (Å²) in [6.45, 7) is 6.07. The van der Waals surface area contributed by atoms with Crippen LogP contribution in [0.1, 0.15) is 45.1 Å². The zero-order valence-electron chi connectivity index (χ0n) is 28.4. The van der Waals surface area contributed by atoms with Crippen molar-refractivity contribution in [3.63, 3.8) is 0 Å². The molecule has 10 heteroatoms. The predicted octanol–water partition coefficient (Wildman–Crippen LogP) is 7.87. The first kappa shape index (κ1) is 33.9. The van der Waals surface area contributed by atoms with Crippen LogP contribution in [0.5, 0.6) is 5.75 Å². The van der Waals surface area contributed by atoms with E-state index in [1.807, 2.05) is 49.4 Å². The van der Waals surface area contributed by atoms with Gasteiger partial charge in [-0.25, -0.2) is 17.6 Å². The molecular weight excluding hydrogens is 668 g/mol. The quantitative estimate of drug-likeness (QED) is 0.142. The molecule has 1 aromatic heterocycles. The first-order valence-electron chi connectivity index (χ1n) is 16.6. The number of carbonyl (C=O) groups excluding carboxylic acids is 1. The number of nitrogens with zero attached hydrogens (tertiary/aromatic N) is 2. The predicted molar refractivity (Wildman–Crippen MR) is 194 cm³/mol. The average molecular weight is 703 g/mol. The van der Waals surface area contributed by atoms with Crippen LogP contribution in [-0.4, -0.2) is 29.9 Å². The van der Waals surface area contributed by atoms with Crippen LogP contribution in [0.2, 0.25) is 0 Å². The van der Waals surface area contributed by atoms with Gasteiger partial charge in [-0.05, 0) is 97.1 Å². The molecule has 51 heavy (non-hydrogen) atoms. The molecule has 0 unspecified atom stereocenters. The van der Waals surface area contributed by atoms with Crippen LogP contribution in [-0.2, 0) is 34.5 Å². The standard InChI is InChI=1S/C41H35FN2O6S/c1-4-49-41(46)36-24-44(32-14-16-33(17-15-32)50-25-28-8-6-5-7-9-28)39-27(3)38(37(42)21-35(39)40(36)45)29-12-13-30-22-43(23-31(30)20-29)51(47,48)34-18-10-26(2)11-19-34/h5-21,24H,4,22-23,25H2,1-3H3. The van der Waals surface area contributed by atoms with Crippen LogP contribution in [0.4, 0.5) is 4.39 Å². The molecule has 0 amide bonds. The molecule has 0 N–H and O–H groups in total. The largest absolute Gasteiger partial charge is 0.489 e. The van der Waals surface area contributed by atoms with Gasteiger partial charge >= 0.3 is 5.97 Å². The second-order valence-electron chi connectivity index (χ2n) is 12.6. The van der Waals surface area contributed by atoms with Gasteiger partial charge in [-0.15, -0.1) is 0 Å². The van der Waals surface area contributed by atoms with Crippen LogP contribution in [0.3, 0.4) is 0 Å². The number of halogens is 1. The number of hydrogen-bond donors (Lipinski definition) is 0. The van der Waals surface area contributed by atoms with Crippen molar-refractivity contribution < 1.29 is 27.1 Å². The van der Waals surface area contributed by atoms with Crippen molar-refractivity contribution in [2.75, 3.05) is 6.61 Å². The third-order valence-corrected chi connectivity index (χ3v) is 11.0. The van der Waals surface area contributed by atoms with Gasteiger partial charge in [0.15, 0.2) is 0 Å². The molecule has 0 atom stereocenters. The average Bonchev–Trinajstić information content (AvgIpc) is 3.57. The van der Waals surface area contributed by atoms with Crippen LogP contribution < -0.4 is 10.2 Å². The van der Waals surface area contributed by atoms with Gasteiger partial charge in [0.25, 0.3) is 0 Å². The maximum atomic E-state index is 16.2. The highest BCUT2D eigenvalue weighted by Gasteiger charge is 2.31. The Morgan fingerprint density at radius 2 is 1.57 bits per heavy atom. The van der Waals surface area contributed by atoms with Gasteiger partial charge in [0.2, 0.25) is 15.5 Å². The zero-order valence-corrected chi connectivity index (χ0v) is 29.2. The first-order valence-corrected chi connectivity index (χ1v) is 18.0. The van der Waals surface area contributed by atoms with E-state index in [0.717, 1.165) is 28.3 Å². The third-order valence-electron chi connectivity index (χ3n) is 9.19. The minimum Gasteiger partial charge on any atom is -0.489 e. The molecule has 258 valence electrons. The summed E-state index contributed by atoms with van der Waals surface area (Å²) in [6, 6.07) is 30.3. The Kier molecular flexibility index (Phi) is 9.05. The van der Waals surface area contributed by atoms with Crippen molar-refractivity contribution >= 4 is 26.9 Å². The Morgan fingerprint density at radius 3 is 2.27 bits per heavy atom. The van der Waals surface area contributed by atoms with Gasteiger partial charge in [0, 0.05) is 30.5 Å². The lowest BCUT2D eigenvalue weighted by molar-refractivity contribution is 0.0524. The number of fused-ring (bicyclic) bond motifs is 2. The van der Waals surface area contributed by atoms with Crippen LogP contribution in [0.15, 0.2) is 119 Å². The van der Waals surface area contributed by atoms with Gasteiger partial charge in [0.05, 0.1) is 22.4 Å². The highest BCUT2D eigenvalue weighted by atomic mass is 32.2. The molecule has 0 saturated carbocycles. The molecular formula is C41H35FN2O6S. The number of sulfonamides is 1. The van der Waals surface area contributed by atoms with Crippen molar-refractivity contribution in [2.45, 2.75) is 45.4 Å². The smallest absolute Gasteiger partial charge is 0.343 e. The maximum Gasteiger partial charge on any atom is 0.343 e. The number of pyridine rings is 1. The van der Waals surface area contributed by atoms with E-state index in [1.165, 1.54) is 10.5 Å². The van der Waals surface area contributed by atoms with Crippen molar-refractivity contribution in [1.82, 2.24) is 8.87 Å². The van der Waals surface area contributed by atoms with Gasteiger partial charge in [-0.1, -0.05) is 60.2 Å². The number of hydrogen-bond acceptors (Lipinski definition) is 6. The van der Waals surface area contributed by atoms with Gasteiger partial charge < -0.3 is 14.0 Å². The fraction of sp³-hybridized carbons (Fsp3) is 0.171. The molecule has 0 radical (unpaired) electrons. The lowest BCUT2D eigenvalue weighted by atomic mass is 9.94. The Bertz CT molecular complexity index is 2460. The summed E-state index contributed by atoms with van der Waals surface area (Å²) in [4.78, 5) is 26.9. The molecule has 6 aromatic rings. The summed E-state index contributed by atoms with van der Waals surface area (Å²) >= 11 is 0. The van der Waals surface area contributed by atoms with E-state index >= 15 is 4.39 Å². The number of rotatable bonds is 9. The number of carbonyl (C=O) groups is 1. The lowest BCUT2D eigenvalue weighted by Crippen LogP contribution is -2.25. The first-order chi connectivity index (χ1) is 24.5. The fourth-order valence-electron chi connectivity index (χ4n) is 6.55. The van der Waals surface area contributed by atoms with Crippen LogP contribution >= 0.6 is 0 Å². The molecule has 7 rings (SSSR count). The molecule has 0 saturated heterocycles. The highest BCUT2D eigenvalue weighted by molar-refractivity contribution is 7.89. The minimum absolute atomic E-state index is 0.0280. The van der Waals surface area contributed by atoms with Crippen molar-refractivity contribution in [3.05, 3.63) is 159 Å². The third kappa shape index (κ3) is 6.44. The summed E-state index contributed by atoms with van der Waals surface area (Å²) in [5, 5.41) is 0.0280. The normalized spacial score (nSPS) is 12.9. The summed E-state index contributed by atoms with van der Waals surface area (Å²) in [5.74, 6) is -0.818. The topological polar surface area (TPSA) is 94.9 Å². The molecule has 1 aliphatic rings. The number of benzene rings is 5. The molecule has 5 aromatic carbocycles. The van der Waals surface area contributed by atoms with Crippen molar-refractivity contribution in [3.8, 4) is 22.6 Å². The molecule has 0 fully saturated rings. The summed E-state index contributed by atoms with van der Waals surface area (Å²) < 4.78 is 57.4. The highest BCUT2D eigenvalue weighted by Crippen LogP contribution is 2.37. The molecule has 0 bridgehead atoms. The molecule has 2 heterocycles. The van der Waals surface area contributed by atoms with Crippen molar-refractivity contribution in [1.29, 1.82) is 0 Å². The summed E-state index contributed by atoms with van der Waals surface area (Å²) in [7, 11) is -3.75. The van der Waals surface area contributed by atoms with Gasteiger partial charge in [0.1, 0.15) is 23.7 Å². The number of aryl methyl sites for hydroxylation is 2. The number of ether oxygens (including phenoxy) is 2. The molecule has 0 aliphatic carbocycles. The van der Waals surface area contributed by atoms with Gasteiger partial charge in [-0.3, -0.25) is 4.79 Å². The maximum absolute atomic E-state index is 16.2. The second-order valence-corrected chi connectivity index (χ2v) is 14.5. The van der Waals surface area contributed by atoms with E-state index in [2.05, 4.69) is 0 Å². The van der Waals surface area contributed by atoms with Crippen LogP contribution in [0.25, 0.3) is 27.7 Å². The zero-order chi connectivity index (χ0) is 35.9. The molecule has 8 nitrogen and oxygen atoms in total. The van der Waals surface area contributed by atoms with E-state index in [1.54, 1.807) is 73.0 Å². The van der Waals surface area contributed by atoms with Gasteiger partial charge in [-0.2, -0.15) is 4.31 Å².